The third kappa shape index (κ3) is 15.2. The smallest absolute Gasteiger partial charge is 0.326 e. The Morgan fingerprint density at radius 1 is 0.569 bits per heavy atom. The highest BCUT2D eigenvalue weighted by Crippen LogP contribution is 2.14. The van der Waals surface area contributed by atoms with Crippen LogP contribution in [-0.4, -0.2) is 99.7 Å². The number of nitrogens with one attached hydrogen (secondary N) is 5. The predicted molar refractivity (Wildman–Crippen MR) is 217 cm³/mol. The maximum Gasteiger partial charge on any atom is 0.326 e. The number of amides is 5. The molecule has 3 rings (SSSR count). The first kappa shape index (κ1) is 46.5. The van der Waals surface area contributed by atoms with Gasteiger partial charge in [0.05, 0.1) is 12.1 Å². The average molecular weight is 804 g/mol. The number of hydrogen-bond donors (Lipinski definition) is 10. The minimum Gasteiger partial charge on any atom is -0.508 e. The Hall–Kier alpha value is -5.84. The Morgan fingerprint density at radius 2 is 1.00 bits per heavy atom. The first-order valence-corrected chi connectivity index (χ1v) is 19.3. The molecule has 0 aliphatic carbocycles. The molecule has 0 saturated heterocycles. The SMILES string of the molecule is CC(C)[C@H](N)C(=O)N[C@H](C(=O)N[C@@H](CCCCN)C(=O)N[C@@H](Cc1ccccc1)C(=O)N[C@@H](Cc1ccc(O)cc1)C(=O)N[C@@H](Cc1ccccc1)C(=O)O)[C@@H](C)O. The van der Waals surface area contributed by atoms with Crippen LogP contribution >= 0.6 is 0 Å². The Kier molecular flexibility index (Phi) is 18.8. The van der Waals surface area contributed by atoms with Crippen molar-refractivity contribution >= 4 is 35.5 Å². The van der Waals surface area contributed by atoms with Gasteiger partial charge in [-0.15, -0.1) is 0 Å². The Labute approximate surface area is 338 Å². The van der Waals surface area contributed by atoms with Crippen LogP contribution in [0.5, 0.6) is 5.75 Å². The van der Waals surface area contributed by atoms with Crippen molar-refractivity contribution in [1.82, 2.24) is 26.6 Å². The van der Waals surface area contributed by atoms with Crippen LogP contribution in [0.1, 0.15) is 56.7 Å². The van der Waals surface area contributed by atoms with Gasteiger partial charge in [0, 0.05) is 19.3 Å². The molecular formula is C42H57N7O9. The summed E-state index contributed by atoms with van der Waals surface area (Å²) in [5.74, 6) is -5.44. The molecule has 0 saturated carbocycles. The zero-order valence-corrected chi connectivity index (χ0v) is 33.1. The Bertz CT molecular complexity index is 1790. The van der Waals surface area contributed by atoms with E-state index in [-0.39, 0.29) is 37.4 Å². The van der Waals surface area contributed by atoms with Gasteiger partial charge in [0.1, 0.15) is 36.0 Å². The zero-order chi connectivity index (χ0) is 42.8. The van der Waals surface area contributed by atoms with E-state index in [1.54, 1.807) is 86.6 Å². The molecule has 0 heterocycles. The van der Waals surface area contributed by atoms with Crippen molar-refractivity contribution in [2.75, 3.05) is 6.54 Å². The zero-order valence-electron chi connectivity index (χ0n) is 33.1. The van der Waals surface area contributed by atoms with E-state index in [1.165, 1.54) is 19.1 Å². The van der Waals surface area contributed by atoms with E-state index in [0.717, 1.165) is 0 Å². The second-order valence-electron chi connectivity index (χ2n) is 14.6. The molecule has 5 amide bonds. The number of nitrogens with two attached hydrogens (primary N) is 2. The van der Waals surface area contributed by atoms with Gasteiger partial charge < -0.3 is 53.4 Å². The van der Waals surface area contributed by atoms with Crippen LogP contribution < -0.4 is 38.1 Å². The quantitative estimate of drug-likeness (QED) is 0.0587. The van der Waals surface area contributed by atoms with Gasteiger partial charge in [-0.3, -0.25) is 24.0 Å². The monoisotopic (exact) mass is 803 g/mol. The Morgan fingerprint density at radius 3 is 1.45 bits per heavy atom. The van der Waals surface area contributed by atoms with Crippen molar-refractivity contribution < 1.29 is 44.1 Å². The van der Waals surface area contributed by atoms with E-state index in [1.807, 2.05) is 0 Å². The molecule has 16 nitrogen and oxygen atoms in total. The highest BCUT2D eigenvalue weighted by Gasteiger charge is 2.34. The molecule has 3 aromatic rings. The van der Waals surface area contributed by atoms with Gasteiger partial charge in [0.15, 0.2) is 0 Å². The summed E-state index contributed by atoms with van der Waals surface area (Å²) in [6.07, 6.45) is -0.551. The van der Waals surface area contributed by atoms with E-state index in [0.29, 0.717) is 36.1 Å². The molecule has 0 aliphatic rings. The molecule has 0 unspecified atom stereocenters. The van der Waals surface area contributed by atoms with Crippen LogP contribution in [0.2, 0.25) is 0 Å². The number of aromatic hydroxyl groups is 1. The van der Waals surface area contributed by atoms with Gasteiger partial charge in [-0.2, -0.15) is 0 Å². The van der Waals surface area contributed by atoms with Crippen molar-refractivity contribution in [3.8, 4) is 5.75 Å². The number of rotatable bonds is 23. The number of benzene rings is 3. The summed E-state index contributed by atoms with van der Waals surface area (Å²) >= 11 is 0. The number of unbranched alkanes of at least 4 members (excludes halogenated alkanes) is 1. The number of carboxylic acid groups (broad SMARTS) is 1. The molecule has 0 aromatic heterocycles. The summed E-state index contributed by atoms with van der Waals surface area (Å²) in [4.78, 5) is 80.7. The summed E-state index contributed by atoms with van der Waals surface area (Å²) in [6, 6.07) is 15.7. The van der Waals surface area contributed by atoms with Gasteiger partial charge in [-0.25, -0.2) is 4.79 Å². The average Bonchev–Trinajstić information content (AvgIpc) is 3.19. The molecule has 0 bridgehead atoms. The number of hydrogen-bond acceptors (Lipinski definition) is 10. The fraction of sp³-hybridized carbons (Fsp3) is 0.429. The van der Waals surface area contributed by atoms with Crippen molar-refractivity contribution in [3.63, 3.8) is 0 Å². The summed E-state index contributed by atoms with van der Waals surface area (Å²) in [5.41, 5.74) is 13.5. The van der Waals surface area contributed by atoms with Crippen LogP contribution in [0.25, 0.3) is 0 Å². The molecule has 16 heteroatoms. The van der Waals surface area contributed by atoms with Gasteiger partial charge in [0.25, 0.3) is 0 Å². The highest BCUT2D eigenvalue weighted by molar-refractivity contribution is 5.96. The lowest BCUT2D eigenvalue weighted by Gasteiger charge is -2.28. The summed E-state index contributed by atoms with van der Waals surface area (Å²) in [7, 11) is 0. The number of carboxylic acids is 1. The van der Waals surface area contributed by atoms with Crippen LogP contribution in [0.15, 0.2) is 84.9 Å². The molecule has 7 atom stereocenters. The van der Waals surface area contributed by atoms with E-state index in [2.05, 4.69) is 26.6 Å². The largest absolute Gasteiger partial charge is 0.508 e. The van der Waals surface area contributed by atoms with Crippen LogP contribution in [0.3, 0.4) is 0 Å². The third-order valence-electron chi connectivity index (χ3n) is 9.49. The van der Waals surface area contributed by atoms with E-state index < -0.39 is 77.9 Å². The molecule has 58 heavy (non-hydrogen) atoms. The Balaban J connectivity index is 1.92. The van der Waals surface area contributed by atoms with Crippen LogP contribution in [0.4, 0.5) is 0 Å². The van der Waals surface area contributed by atoms with Gasteiger partial charge in [-0.05, 0) is 67.5 Å². The van der Waals surface area contributed by atoms with E-state index >= 15 is 0 Å². The van der Waals surface area contributed by atoms with Gasteiger partial charge in [0.2, 0.25) is 29.5 Å². The summed E-state index contributed by atoms with van der Waals surface area (Å²) in [5, 5.41) is 43.3. The minimum absolute atomic E-state index is 0.0254. The van der Waals surface area contributed by atoms with Gasteiger partial charge >= 0.3 is 5.97 Å². The lowest BCUT2D eigenvalue weighted by molar-refractivity contribution is -0.142. The molecule has 3 aromatic carbocycles. The molecule has 0 radical (unpaired) electrons. The summed E-state index contributed by atoms with van der Waals surface area (Å²) in [6.45, 7) is 5.06. The topological polar surface area (TPSA) is 275 Å². The molecule has 0 spiro atoms. The molecule has 314 valence electrons. The maximum atomic E-state index is 14.2. The lowest BCUT2D eigenvalue weighted by atomic mass is 10.0. The first-order valence-electron chi connectivity index (χ1n) is 19.3. The number of phenolic OH excluding ortho intramolecular Hbond substituents is 1. The number of carbonyl (C=O) groups is 6. The number of aliphatic carboxylic acids is 1. The predicted octanol–water partition coefficient (Wildman–Crippen LogP) is 0.422. The second kappa shape index (κ2) is 23.4. The molecule has 0 aliphatic heterocycles. The van der Waals surface area contributed by atoms with Crippen molar-refractivity contribution in [2.24, 2.45) is 17.4 Å². The third-order valence-corrected chi connectivity index (χ3v) is 9.49. The fourth-order valence-corrected chi connectivity index (χ4v) is 5.98. The van der Waals surface area contributed by atoms with E-state index in [9.17, 15) is 44.1 Å². The van der Waals surface area contributed by atoms with E-state index in [4.69, 9.17) is 11.5 Å². The van der Waals surface area contributed by atoms with Crippen molar-refractivity contribution in [3.05, 3.63) is 102 Å². The first-order chi connectivity index (χ1) is 27.6. The number of phenols is 1. The molecular weight excluding hydrogens is 747 g/mol. The molecule has 12 N–H and O–H groups in total. The number of aliphatic hydroxyl groups excluding tert-OH is 1. The highest BCUT2D eigenvalue weighted by atomic mass is 16.4. The van der Waals surface area contributed by atoms with Crippen LogP contribution in [-0.2, 0) is 48.0 Å². The standard InChI is InChI=1S/C42H57N7O9/c1-25(2)35(44)40(55)49-36(26(3)50)41(56)45-31(16-10-11-21-43)37(52)46-32(22-27-12-6-4-7-13-27)38(53)47-33(23-29-17-19-30(51)20-18-29)39(54)48-34(42(57)58)24-28-14-8-5-9-15-28/h4-9,12-15,17-20,25-26,31-36,50-51H,10-11,16,21-24,43-44H2,1-3H3,(H,45,56)(H,46,52)(H,47,53)(H,48,54)(H,49,55)(H,57,58)/t26-,31+,32+,33+,34+,35+,36+/m1/s1. The minimum atomic E-state index is -1.46. The van der Waals surface area contributed by atoms with Gasteiger partial charge in [-0.1, -0.05) is 86.6 Å². The summed E-state index contributed by atoms with van der Waals surface area (Å²) < 4.78 is 0. The maximum absolute atomic E-state index is 14.2. The number of aliphatic hydroxyl groups is 1. The second-order valence-corrected chi connectivity index (χ2v) is 14.6. The fourth-order valence-electron chi connectivity index (χ4n) is 5.98. The number of carbonyl (C=O) groups excluding carboxylic acids is 5. The van der Waals surface area contributed by atoms with Crippen molar-refractivity contribution in [1.29, 1.82) is 0 Å². The lowest BCUT2D eigenvalue weighted by Crippen LogP contribution is -2.61. The normalized spacial score (nSPS) is 14.7. The molecule has 0 fully saturated rings. The van der Waals surface area contributed by atoms with Crippen molar-refractivity contribution in [2.45, 2.75) is 102 Å². The van der Waals surface area contributed by atoms with Crippen LogP contribution in [0, 0.1) is 5.92 Å².